The van der Waals surface area contributed by atoms with Gasteiger partial charge in [-0.2, -0.15) is 0 Å². The number of carbonyl (C=O) groups excluding carboxylic acids is 2. The van der Waals surface area contributed by atoms with E-state index in [2.05, 4.69) is 16.5 Å². The molecule has 2 aromatic rings. The van der Waals surface area contributed by atoms with Crippen LogP contribution in [0.4, 0.5) is 14.6 Å². The molecule has 1 unspecified atom stereocenters. The third-order valence-electron chi connectivity index (χ3n) is 7.82. The van der Waals surface area contributed by atoms with E-state index in [-0.39, 0.29) is 54.8 Å². The average Bonchev–Trinajstić information content (AvgIpc) is 3.21. The third-order valence-corrected chi connectivity index (χ3v) is 7.82. The number of hydrogen-bond acceptors (Lipinski definition) is 7. The molecule has 3 atom stereocenters. The smallest absolute Gasteiger partial charge is 0.262 e. The first-order chi connectivity index (χ1) is 18.1. The highest BCUT2D eigenvalue weighted by atomic mass is 19.1. The number of amides is 2. The molecule has 0 spiro atoms. The van der Waals surface area contributed by atoms with Crippen molar-refractivity contribution >= 4 is 17.6 Å². The van der Waals surface area contributed by atoms with Gasteiger partial charge in [0, 0.05) is 38.3 Å². The van der Waals surface area contributed by atoms with Gasteiger partial charge in [0.15, 0.2) is 11.6 Å². The van der Waals surface area contributed by atoms with E-state index in [1.165, 1.54) is 18.2 Å². The Hall–Kier alpha value is -3.73. The second kappa shape index (κ2) is 9.86. The molecule has 2 fully saturated rings. The van der Waals surface area contributed by atoms with Gasteiger partial charge in [-0.15, -0.1) is 0 Å². The minimum Gasteiger partial charge on any atom is -0.507 e. The van der Waals surface area contributed by atoms with E-state index in [1.807, 2.05) is 25.9 Å². The standard InChI is InChI=1S/C27H31F2N5O4/c1-5-20(36)32-11-12-34-16(13-32)14-38-25-22(27(34)37)26(33-10-9-18(15(33)2)31(3)4)30-24(23(25)29)21-17(28)7-6-8-19(21)35/h5-8,15-16,18,35H,1,9-14H2,2-4H3/t15-,16+,18?/m0/s1. The number of carbonyl (C=O) groups is 2. The number of aromatic hydroxyl groups is 1. The molecule has 0 saturated carbocycles. The summed E-state index contributed by atoms with van der Waals surface area (Å²) in [5.41, 5.74) is -0.851. The van der Waals surface area contributed by atoms with Gasteiger partial charge in [-0.1, -0.05) is 12.6 Å². The number of benzene rings is 1. The van der Waals surface area contributed by atoms with Gasteiger partial charge in [-0.25, -0.2) is 13.8 Å². The molecule has 1 aromatic heterocycles. The molecule has 1 N–H and O–H groups in total. The van der Waals surface area contributed by atoms with Crippen LogP contribution in [0.15, 0.2) is 30.9 Å². The Morgan fingerprint density at radius 2 is 1.97 bits per heavy atom. The van der Waals surface area contributed by atoms with Gasteiger partial charge in [-0.05, 0) is 45.6 Å². The number of likely N-dealkylation sites (N-methyl/N-ethyl adjacent to an activating group) is 1. The summed E-state index contributed by atoms with van der Waals surface area (Å²) in [6.07, 6.45) is 2.00. The molecule has 11 heteroatoms. The Labute approximate surface area is 219 Å². The van der Waals surface area contributed by atoms with E-state index in [0.29, 0.717) is 13.1 Å². The number of halogens is 2. The number of piperazine rings is 1. The minimum absolute atomic E-state index is 0.0284. The largest absolute Gasteiger partial charge is 0.507 e. The molecule has 0 bridgehead atoms. The topological polar surface area (TPSA) is 89.5 Å². The van der Waals surface area contributed by atoms with E-state index in [9.17, 15) is 19.1 Å². The van der Waals surface area contributed by atoms with E-state index < -0.39 is 40.6 Å². The summed E-state index contributed by atoms with van der Waals surface area (Å²) in [6.45, 7) is 6.74. The normalized spacial score (nSPS) is 23.2. The van der Waals surface area contributed by atoms with Crippen molar-refractivity contribution < 1.29 is 28.2 Å². The summed E-state index contributed by atoms with van der Waals surface area (Å²) in [6, 6.07) is 3.21. The number of hydrogen-bond donors (Lipinski definition) is 1. The summed E-state index contributed by atoms with van der Waals surface area (Å²) < 4.78 is 37.0. The van der Waals surface area contributed by atoms with Gasteiger partial charge in [0.1, 0.15) is 35.2 Å². The maximum atomic E-state index is 16.1. The molecule has 3 aliphatic rings. The first-order valence-corrected chi connectivity index (χ1v) is 12.6. The maximum absolute atomic E-state index is 16.1. The number of anilines is 1. The van der Waals surface area contributed by atoms with Crippen molar-refractivity contribution in [3.63, 3.8) is 0 Å². The first-order valence-electron chi connectivity index (χ1n) is 12.6. The first kappa shape index (κ1) is 25.9. The molecule has 5 rings (SSSR count). The highest BCUT2D eigenvalue weighted by molar-refractivity contribution is 6.03. The van der Waals surface area contributed by atoms with E-state index in [0.717, 1.165) is 12.5 Å². The van der Waals surface area contributed by atoms with Crippen molar-refractivity contribution in [3.8, 4) is 22.8 Å². The number of phenols is 1. The molecule has 3 aliphatic heterocycles. The van der Waals surface area contributed by atoms with Crippen LogP contribution in [0.5, 0.6) is 11.5 Å². The monoisotopic (exact) mass is 527 g/mol. The molecule has 9 nitrogen and oxygen atoms in total. The number of aromatic nitrogens is 1. The van der Waals surface area contributed by atoms with Crippen LogP contribution >= 0.6 is 0 Å². The molecular formula is C27H31F2N5O4. The SMILES string of the molecule is C=CC(=O)N1CCN2C(=O)c3c(N4CCC(N(C)C)[C@@H]4C)nc(-c4c(O)cccc4F)c(F)c3OC[C@H]2C1. The molecule has 4 heterocycles. The highest BCUT2D eigenvalue weighted by Crippen LogP contribution is 2.43. The predicted octanol–water partition coefficient (Wildman–Crippen LogP) is 2.49. The second-order valence-electron chi connectivity index (χ2n) is 10.1. The predicted molar refractivity (Wildman–Crippen MR) is 137 cm³/mol. The van der Waals surface area contributed by atoms with Gasteiger partial charge in [0.2, 0.25) is 5.91 Å². The summed E-state index contributed by atoms with van der Waals surface area (Å²) in [7, 11) is 3.93. The molecule has 0 radical (unpaired) electrons. The van der Waals surface area contributed by atoms with Crippen molar-refractivity contribution in [2.24, 2.45) is 0 Å². The van der Waals surface area contributed by atoms with Crippen LogP contribution in [0.2, 0.25) is 0 Å². The fourth-order valence-corrected chi connectivity index (χ4v) is 5.81. The fraction of sp³-hybridized carbons (Fsp3) is 0.444. The number of pyridine rings is 1. The van der Waals surface area contributed by atoms with Crippen molar-refractivity contribution in [2.75, 3.05) is 51.8 Å². The van der Waals surface area contributed by atoms with Crippen LogP contribution in [0, 0.1) is 11.6 Å². The lowest BCUT2D eigenvalue weighted by molar-refractivity contribution is -0.128. The van der Waals surface area contributed by atoms with E-state index >= 15 is 4.39 Å². The zero-order valence-electron chi connectivity index (χ0n) is 21.7. The lowest BCUT2D eigenvalue weighted by Gasteiger charge is -2.39. The molecule has 2 amide bonds. The van der Waals surface area contributed by atoms with Crippen LogP contribution in [0.25, 0.3) is 11.3 Å². The molecular weight excluding hydrogens is 496 g/mol. The summed E-state index contributed by atoms with van der Waals surface area (Å²) in [4.78, 5) is 37.9. The number of rotatable bonds is 4. The van der Waals surface area contributed by atoms with Crippen LogP contribution in [-0.4, -0.2) is 102 Å². The molecule has 0 aliphatic carbocycles. The minimum atomic E-state index is -1.02. The van der Waals surface area contributed by atoms with Crippen molar-refractivity contribution in [2.45, 2.75) is 31.5 Å². The average molecular weight is 528 g/mol. The Morgan fingerprint density at radius 1 is 1.21 bits per heavy atom. The molecule has 38 heavy (non-hydrogen) atoms. The zero-order chi connectivity index (χ0) is 27.3. The maximum Gasteiger partial charge on any atom is 0.262 e. The highest BCUT2D eigenvalue weighted by Gasteiger charge is 2.43. The number of ether oxygens (including phenoxy) is 1. The van der Waals surface area contributed by atoms with Gasteiger partial charge in [-0.3, -0.25) is 9.59 Å². The molecule has 1 aromatic carbocycles. The van der Waals surface area contributed by atoms with Crippen molar-refractivity contribution in [3.05, 3.63) is 48.1 Å². The van der Waals surface area contributed by atoms with E-state index in [1.54, 1.807) is 9.80 Å². The summed E-state index contributed by atoms with van der Waals surface area (Å²) in [5.74, 6) is -3.20. The van der Waals surface area contributed by atoms with Crippen LogP contribution in [0.3, 0.4) is 0 Å². The van der Waals surface area contributed by atoms with E-state index in [4.69, 9.17) is 4.74 Å². The van der Waals surface area contributed by atoms with Crippen LogP contribution in [0.1, 0.15) is 23.7 Å². The number of phenolic OH excluding ortho intramolecular Hbond substituents is 1. The van der Waals surface area contributed by atoms with Crippen molar-refractivity contribution in [1.29, 1.82) is 0 Å². The summed E-state index contributed by atoms with van der Waals surface area (Å²) in [5, 5.41) is 10.4. The van der Waals surface area contributed by atoms with Crippen molar-refractivity contribution in [1.82, 2.24) is 19.7 Å². The Kier molecular flexibility index (Phi) is 6.72. The molecule has 202 valence electrons. The Bertz CT molecular complexity index is 1280. The van der Waals surface area contributed by atoms with Gasteiger partial charge in [0.25, 0.3) is 5.91 Å². The molecule has 2 saturated heterocycles. The quantitative estimate of drug-likeness (QED) is 0.612. The lowest BCUT2D eigenvalue weighted by atomic mass is 10.0. The third kappa shape index (κ3) is 4.14. The Morgan fingerprint density at radius 3 is 2.63 bits per heavy atom. The van der Waals surface area contributed by atoms with Crippen LogP contribution in [-0.2, 0) is 4.79 Å². The van der Waals surface area contributed by atoms with Gasteiger partial charge >= 0.3 is 0 Å². The number of nitrogens with zero attached hydrogens (tertiary/aromatic N) is 5. The lowest BCUT2D eigenvalue weighted by Crippen LogP contribution is -2.57. The zero-order valence-corrected chi connectivity index (χ0v) is 21.7. The Balaban J connectivity index is 1.67. The summed E-state index contributed by atoms with van der Waals surface area (Å²) >= 11 is 0. The van der Waals surface area contributed by atoms with Gasteiger partial charge < -0.3 is 29.4 Å². The van der Waals surface area contributed by atoms with Gasteiger partial charge in [0.05, 0.1) is 11.6 Å². The van der Waals surface area contributed by atoms with Crippen LogP contribution < -0.4 is 9.64 Å². The fourth-order valence-electron chi connectivity index (χ4n) is 5.81. The second-order valence-corrected chi connectivity index (χ2v) is 10.1. The number of fused-ring (bicyclic) bond motifs is 2.